The zero-order chi connectivity index (χ0) is 15.8. The summed E-state index contributed by atoms with van der Waals surface area (Å²) in [6, 6.07) is 1.11. The van der Waals surface area contributed by atoms with Crippen LogP contribution < -0.4 is 11.2 Å². The molecule has 0 aliphatic heterocycles. The van der Waals surface area contributed by atoms with Gasteiger partial charge in [0, 0.05) is 24.5 Å². The van der Waals surface area contributed by atoms with Crippen LogP contribution in [0.1, 0.15) is 0 Å². The summed E-state index contributed by atoms with van der Waals surface area (Å²) in [5, 5.41) is 17.7. The molecule has 0 aliphatic rings. The van der Waals surface area contributed by atoms with Crippen molar-refractivity contribution in [3.05, 3.63) is 39.2 Å². The van der Waals surface area contributed by atoms with Crippen LogP contribution in [0, 0.1) is 0 Å². The number of rotatable bonds is 7. The molecule has 0 radical (unpaired) electrons. The van der Waals surface area contributed by atoms with Crippen LogP contribution in [0.15, 0.2) is 27.9 Å². The fourth-order valence-electron chi connectivity index (χ4n) is 1.32. The van der Waals surface area contributed by atoms with E-state index < -0.39 is 36.5 Å². The van der Waals surface area contributed by atoms with Crippen LogP contribution in [-0.4, -0.2) is 51.7 Å². The lowest BCUT2D eigenvalue weighted by Crippen LogP contribution is -2.37. The molecular weight excluding hydrogens is 284 g/mol. The molecule has 0 saturated carbocycles. The first kappa shape index (κ1) is 16.8. The summed E-state index contributed by atoms with van der Waals surface area (Å²) < 4.78 is 11.2. The third kappa shape index (κ3) is 4.67. The average molecular weight is 300 g/mol. The molecule has 116 valence electrons. The van der Waals surface area contributed by atoms with Gasteiger partial charge in [0.15, 0.2) is 0 Å². The van der Waals surface area contributed by atoms with E-state index in [9.17, 15) is 14.4 Å². The third-order valence-corrected chi connectivity index (χ3v) is 2.50. The Bertz CT molecular complexity index is 613. The first-order chi connectivity index (χ1) is 10.0. The third-order valence-electron chi connectivity index (χ3n) is 2.50. The summed E-state index contributed by atoms with van der Waals surface area (Å²) in [4.78, 5) is 34.5. The van der Waals surface area contributed by atoms with Crippen LogP contribution in [0.5, 0.6) is 0 Å². The molecule has 0 amide bonds. The summed E-state index contributed by atoms with van der Waals surface area (Å²) in [5.74, 6) is -0.714. The number of aliphatic hydroxyl groups is 2. The summed E-state index contributed by atoms with van der Waals surface area (Å²) in [5.41, 5.74) is -1.37. The van der Waals surface area contributed by atoms with Crippen molar-refractivity contribution in [3.63, 3.8) is 0 Å². The van der Waals surface area contributed by atoms with Gasteiger partial charge in [-0.2, -0.15) is 0 Å². The molecular formula is C12H16N2O7. The van der Waals surface area contributed by atoms with Crippen molar-refractivity contribution in [2.75, 3.05) is 20.3 Å². The highest BCUT2D eigenvalue weighted by Gasteiger charge is 2.08. The Hall–Kier alpha value is -2.23. The minimum atomic E-state index is -0.831. The van der Waals surface area contributed by atoms with Gasteiger partial charge in [-0.1, -0.05) is 0 Å². The quantitative estimate of drug-likeness (QED) is 0.440. The fourth-order valence-corrected chi connectivity index (χ4v) is 1.32. The predicted octanol–water partition coefficient (Wildman–Crippen LogP) is -2.02. The molecule has 0 saturated heterocycles. The van der Waals surface area contributed by atoms with Gasteiger partial charge in [0.05, 0.1) is 20.3 Å². The summed E-state index contributed by atoms with van der Waals surface area (Å²) in [7, 11) is 1.16. The number of aromatic nitrogens is 2. The van der Waals surface area contributed by atoms with Crippen molar-refractivity contribution < 1.29 is 24.5 Å². The van der Waals surface area contributed by atoms with E-state index in [1.807, 2.05) is 0 Å². The normalized spacial score (nSPS) is 11.2. The smallest absolute Gasteiger partial charge is 0.337 e. The number of esters is 1. The van der Waals surface area contributed by atoms with Crippen molar-refractivity contribution in [2.24, 2.45) is 0 Å². The number of carbonyl (C=O) groups is 1. The molecule has 9 nitrogen and oxygen atoms in total. The second kappa shape index (κ2) is 8.15. The van der Waals surface area contributed by atoms with E-state index >= 15 is 0 Å². The molecule has 0 aliphatic carbocycles. The zero-order valence-electron chi connectivity index (χ0n) is 11.3. The number of methoxy groups -OCH3 is 1. The minimum absolute atomic E-state index is 0.267. The summed E-state index contributed by atoms with van der Waals surface area (Å²) >= 11 is 0. The molecule has 0 atom stereocenters. The van der Waals surface area contributed by atoms with Crippen LogP contribution in [0.4, 0.5) is 0 Å². The van der Waals surface area contributed by atoms with Gasteiger partial charge >= 0.3 is 11.7 Å². The molecule has 2 N–H and O–H groups in total. The Labute approximate surface area is 119 Å². The molecule has 21 heavy (non-hydrogen) atoms. The van der Waals surface area contributed by atoms with Crippen molar-refractivity contribution in [1.29, 1.82) is 0 Å². The van der Waals surface area contributed by atoms with Gasteiger partial charge in [0.1, 0.15) is 12.8 Å². The number of nitrogens with zero attached hydrogens (tertiary/aromatic N) is 2. The molecule has 0 unspecified atom stereocenters. The Kier molecular flexibility index (Phi) is 6.53. The van der Waals surface area contributed by atoms with Crippen molar-refractivity contribution in [3.8, 4) is 0 Å². The maximum absolute atomic E-state index is 12.0. The van der Waals surface area contributed by atoms with Crippen molar-refractivity contribution >= 4 is 12.2 Å². The number of hydrogen-bond donors (Lipinski definition) is 2. The van der Waals surface area contributed by atoms with Gasteiger partial charge in [-0.05, 0) is 0 Å². The molecule has 1 heterocycles. The fraction of sp³-hybridized carbons (Fsp3) is 0.417. The number of hydrogen-bond acceptors (Lipinski definition) is 7. The molecule has 9 heteroatoms. The first-order valence-electron chi connectivity index (χ1n) is 5.95. The van der Waals surface area contributed by atoms with E-state index in [1.165, 1.54) is 6.20 Å². The monoisotopic (exact) mass is 300 g/mol. The van der Waals surface area contributed by atoms with Crippen LogP contribution >= 0.6 is 0 Å². The lowest BCUT2D eigenvalue weighted by Gasteiger charge is -2.13. The van der Waals surface area contributed by atoms with Crippen LogP contribution in [-0.2, 0) is 21.0 Å². The van der Waals surface area contributed by atoms with Gasteiger partial charge in [0.25, 0.3) is 5.56 Å². The standard InChI is InChI=1S/C12H16N2O7/c1-20-11(18)3-5-14-10(17)2-4-13(12(14)19)8-21-9(6-15)7-16/h2-5,9,15-16H,6-8H2,1H3. The molecule has 0 fully saturated rings. The van der Waals surface area contributed by atoms with E-state index in [4.69, 9.17) is 14.9 Å². The molecule has 0 bridgehead atoms. The van der Waals surface area contributed by atoms with E-state index in [2.05, 4.69) is 4.74 Å². The average Bonchev–Trinajstić information content (AvgIpc) is 2.49. The highest BCUT2D eigenvalue weighted by Crippen LogP contribution is 1.92. The van der Waals surface area contributed by atoms with Crippen LogP contribution in [0.2, 0.25) is 0 Å². The molecule has 0 spiro atoms. The van der Waals surface area contributed by atoms with Crippen LogP contribution in [0.3, 0.4) is 0 Å². The zero-order valence-corrected chi connectivity index (χ0v) is 11.3. The van der Waals surface area contributed by atoms with E-state index in [0.717, 1.165) is 30.0 Å². The van der Waals surface area contributed by atoms with Crippen molar-refractivity contribution in [2.45, 2.75) is 12.8 Å². The Morgan fingerprint density at radius 3 is 2.62 bits per heavy atom. The first-order valence-corrected chi connectivity index (χ1v) is 5.95. The number of ether oxygens (including phenoxy) is 2. The predicted molar refractivity (Wildman–Crippen MR) is 71.4 cm³/mol. The second-order valence-corrected chi connectivity index (χ2v) is 3.90. The largest absolute Gasteiger partial charge is 0.466 e. The van der Waals surface area contributed by atoms with Crippen molar-refractivity contribution in [1.82, 2.24) is 9.13 Å². The highest BCUT2D eigenvalue weighted by atomic mass is 16.5. The van der Waals surface area contributed by atoms with E-state index in [-0.39, 0.29) is 6.73 Å². The Morgan fingerprint density at radius 2 is 2.05 bits per heavy atom. The van der Waals surface area contributed by atoms with Gasteiger partial charge in [-0.3, -0.25) is 9.36 Å². The molecule has 1 rings (SSSR count). The Balaban J connectivity index is 2.99. The summed E-state index contributed by atoms with van der Waals surface area (Å²) in [6.45, 7) is -1.09. The topological polar surface area (TPSA) is 120 Å². The highest BCUT2D eigenvalue weighted by molar-refractivity contribution is 5.84. The summed E-state index contributed by atoms with van der Waals surface area (Å²) in [6.07, 6.45) is 2.29. The van der Waals surface area contributed by atoms with Gasteiger partial charge in [-0.15, -0.1) is 0 Å². The Morgan fingerprint density at radius 1 is 1.38 bits per heavy atom. The van der Waals surface area contributed by atoms with E-state index in [1.54, 1.807) is 0 Å². The number of carbonyl (C=O) groups excluding carboxylic acids is 1. The number of aliphatic hydroxyl groups excluding tert-OH is 2. The van der Waals surface area contributed by atoms with Gasteiger partial charge < -0.3 is 19.7 Å². The van der Waals surface area contributed by atoms with E-state index in [0.29, 0.717) is 4.57 Å². The SMILES string of the molecule is COC(=O)C=Cn1c(=O)ccn(COC(CO)CO)c1=O. The molecule has 1 aromatic heterocycles. The molecule has 0 aromatic carbocycles. The minimum Gasteiger partial charge on any atom is -0.466 e. The lowest BCUT2D eigenvalue weighted by atomic mass is 10.4. The van der Waals surface area contributed by atoms with Crippen LogP contribution in [0.25, 0.3) is 6.20 Å². The second-order valence-electron chi connectivity index (χ2n) is 3.90. The maximum atomic E-state index is 12.0. The van der Waals surface area contributed by atoms with Gasteiger partial charge in [0.2, 0.25) is 0 Å². The lowest BCUT2D eigenvalue weighted by molar-refractivity contribution is -0.134. The molecule has 1 aromatic rings. The maximum Gasteiger partial charge on any atom is 0.337 e. The van der Waals surface area contributed by atoms with Gasteiger partial charge in [-0.25, -0.2) is 14.2 Å².